The molecule has 4 fully saturated rings. The van der Waals surface area contributed by atoms with Crippen LogP contribution in [0, 0.1) is 0 Å². The number of amides is 3. The average molecular weight is 906 g/mol. The molecule has 0 bridgehead atoms. The van der Waals surface area contributed by atoms with Gasteiger partial charge in [-0.05, 0) is 56.5 Å². The number of rotatable bonds is 23. The SMILES string of the molecule is CN1CCC2=C[C@]3(OC(=O)CC4(CCc5cn(CCOCCOCCOCCNC(=O)CCCC[C@@H]6SC[C@@H]7NC(=O)N[C@@H]76)nn5)N=N4)C[C@@]34OC(=O)c3cc5c(cc3[C@H]4[C@@H]21)OCO5. The van der Waals surface area contributed by atoms with E-state index in [0.29, 0.717) is 101 Å². The van der Waals surface area contributed by atoms with Crippen LogP contribution in [0.4, 0.5) is 4.79 Å². The van der Waals surface area contributed by atoms with Crippen molar-refractivity contribution in [1.82, 2.24) is 35.8 Å². The molecule has 3 saturated heterocycles. The largest absolute Gasteiger partial charge is 0.454 e. The first-order valence-electron chi connectivity index (χ1n) is 22.5. The summed E-state index contributed by atoms with van der Waals surface area (Å²) in [5.41, 5.74) is 0.282. The molecular weight excluding hydrogens is 851 g/mol. The third-order valence-electron chi connectivity index (χ3n) is 13.7. The summed E-state index contributed by atoms with van der Waals surface area (Å²) in [5, 5.41) is 26.3. The standard InChI is InChI=1S/C43H55N9O11S/c1-51-10-7-26-20-41(24-43(41)36(38(26)51)28-18-31-32(61-25-60-31)19-29(28)39(55)63-43)62-35(54)21-42(48-49-42)8-6-27-22-52(50-47-27)11-13-58-15-17-59-16-14-57-12-9-44-34(53)5-3-2-4-33-37-30(23-64-33)45-40(56)46-37/h18-20,22,30,33,36-38H,2-17,21,23-25H2,1H3,(H,44,53)(H2,45,46,56)/t30-,33-,36-,37-,38+,41-,43-/m0/s1. The number of nitrogens with zero attached hydrogens (tertiary/aromatic N) is 6. The number of unbranched alkanes of at least 4 members (excludes halogenated alkanes) is 1. The normalized spacial score (nSPS) is 29.4. The van der Waals surface area contributed by atoms with Gasteiger partial charge in [-0.15, -0.1) is 5.10 Å². The summed E-state index contributed by atoms with van der Waals surface area (Å²) in [7, 11) is 2.08. The molecule has 8 aliphatic rings. The molecule has 3 N–H and O–H groups in total. The smallest absolute Gasteiger partial charge is 0.339 e. The Balaban J connectivity index is 0.584. The highest BCUT2D eigenvalue weighted by Gasteiger charge is 2.81. The Morgan fingerprint density at radius 2 is 1.81 bits per heavy atom. The molecule has 0 unspecified atom stereocenters. The lowest BCUT2D eigenvalue weighted by atomic mass is 9.73. The molecule has 3 amide bonds. The predicted octanol–water partition coefficient (Wildman–Crippen LogP) is 2.41. The summed E-state index contributed by atoms with van der Waals surface area (Å²) in [5.74, 6) is 0.970. The molecule has 1 spiro atoms. The van der Waals surface area contributed by atoms with Crippen molar-refractivity contribution in [2.75, 3.05) is 72.3 Å². The Kier molecular flexibility index (Phi) is 12.0. The highest BCUT2D eigenvalue weighted by Crippen LogP contribution is 2.70. The third-order valence-corrected chi connectivity index (χ3v) is 15.2. The van der Waals surface area contributed by atoms with E-state index in [0.717, 1.165) is 49.2 Å². The van der Waals surface area contributed by atoms with E-state index in [4.69, 9.17) is 33.2 Å². The van der Waals surface area contributed by atoms with Crippen molar-refractivity contribution in [2.45, 2.75) is 110 Å². The molecule has 20 nitrogen and oxygen atoms in total. The van der Waals surface area contributed by atoms with E-state index in [1.165, 1.54) is 5.57 Å². The molecule has 6 aliphatic heterocycles. The number of aryl methyl sites for hydroxylation is 1. The number of ether oxygens (including phenoxy) is 7. The lowest BCUT2D eigenvalue weighted by Crippen LogP contribution is -2.52. The van der Waals surface area contributed by atoms with Crippen LogP contribution in [0.5, 0.6) is 11.5 Å². The highest BCUT2D eigenvalue weighted by atomic mass is 32.2. The topological polar surface area (TPSA) is 228 Å². The Labute approximate surface area is 374 Å². The number of urea groups is 1. The minimum Gasteiger partial charge on any atom is -0.454 e. The van der Waals surface area contributed by atoms with Crippen molar-refractivity contribution < 1.29 is 52.3 Å². The Bertz CT molecular complexity index is 2200. The lowest BCUT2D eigenvalue weighted by molar-refractivity contribution is -0.155. The maximum atomic E-state index is 13.7. The zero-order valence-corrected chi connectivity index (χ0v) is 36.7. The molecule has 0 radical (unpaired) electrons. The zero-order valence-electron chi connectivity index (χ0n) is 35.9. The molecule has 64 heavy (non-hydrogen) atoms. The summed E-state index contributed by atoms with van der Waals surface area (Å²) in [6, 6.07) is 3.98. The van der Waals surface area contributed by atoms with E-state index in [1.54, 1.807) is 10.7 Å². The number of likely N-dealkylation sites (tertiary alicyclic amines) is 1. The minimum absolute atomic E-state index is 0.00651. The van der Waals surface area contributed by atoms with E-state index < -0.39 is 28.8 Å². The first-order chi connectivity index (χ1) is 31.1. The van der Waals surface area contributed by atoms with Gasteiger partial charge >= 0.3 is 18.0 Å². The summed E-state index contributed by atoms with van der Waals surface area (Å²) in [6.07, 6.45) is 9.35. The first-order valence-corrected chi connectivity index (χ1v) is 23.5. The van der Waals surface area contributed by atoms with E-state index in [1.807, 2.05) is 30.1 Å². The van der Waals surface area contributed by atoms with Gasteiger partial charge in [0.25, 0.3) is 0 Å². The van der Waals surface area contributed by atoms with Crippen LogP contribution in [-0.2, 0) is 46.2 Å². The van der Waals surface area contributed by atoms with Crippen LogP contribution in [0.2, 0.25) is 0 Å². The number of nitrogens with one attached hydrogen (secondary N) is 3. The molecule has 1 aromatic carbocycles. The van der Waals surface area contributed by atoms with Crippen LogP contribution in [0.3, 0.4) is 0 Å². The molecule has 7 atom stereocenters. The van der Waals surface area contributed by atoms with Crippen molar-refractivity contribution >= 4 is 35.6 Å². The fourth-order valence-electron chi connectivity index (χ4n) is 10.3. The van der Waals surface area contributed by atoms with Gasteiger partial charge in [-0.3, -0.25) is 14.5 Å². The predicted molar refractivity (Wildman–Crippen MR) is 226 cm³/mol. The molecule has 2 aliphatic carbocycles. The number of hydrogen-bond acceptors (Lipinski definition) is 17. The molecule has 2 aromatic rings. The van der Waals surface area contributed by atoms with Gasteiger partial charge < -0.3 is 49.1 Å². The van der Waals surface area contributed by atoms with E-state index >= 15 is 0 Å². The lowest BCUT2D eigenvalue weighted by Gasteiger charge is -2.44. The van der Waals surface area contributed by atoms with Gasteiger partial charge in [0, 0.05) is 61.5 Å². The Morgan fingerprint density at radius 1 is 1.02 bits per heavy atom. The Morgan fingerprint density at radius 3 is 2.64 bits per heavy atom. The number of carbonyl (C=O) groups is 4. The van der Waals surface area contributed by atoms with E-state index in [-0.39, 0.29) is 49.2 Å². The number of fused-ring (bicyclic) bond motifs is 6. The van der Waals surface area contributed by atoms with Crippen molar-refractivity contribution in [3.8, 4) is 11.5 Å². The van der Waals surface area contributed by atoms with E-state index in [2.05, 4.69) is 48.4 Å². The summed E-state index contributed by atoms with van der Waals surface area (Å²) < 4.78 is 42.4. The average Bonchev–Trinajstić information content (AvgIpc) is 3.63. The highest BCUT2D eigenvalue weighted by molar-refractivity contribution is 8.00. The van der Waals surface area contributed by atoms with Crippen molar-refractivity contribution in [1.29, 1.82) is 0 Å². The second kappa shape index (κ2) is 17.9. The second-order valence-corrected chi connectivity index (χ2v) is 19.1. The van der Waals surface area contributed by atoms with Crippen LogP contribution in [0.1, 0.15) is 78.9 Å². The third kappa shape index (κ3) is 8.68. The van der Waals surface area contributed by atoms with Crippen LogP contribution in [0.25, 0.3) is 0 Å². The van der Waals surface area contributed by atoms with Gasteiger partial charge in [0.1, 0.15) is 0 Å². The van der Waals surface area contributed by atoms with Crippen LogP contribution >= 0.6 is 11.8 Å². The maximum Gasteiger partial charge on any atom is 0.339 e. The van der Waals surface area contributed by atoms with Gasteiger partial charge in [-0.25, -0.2) is 14.3 Å². The molecule has 1 aromatic heterocycles. The van der Waals surface area contributed by atoms with Crippen molar-refractivity contribution in [2.24, 2.45) is 10.2 Å². The molecule has 7 heterocycles. The first kappa shape index (κ1) is 43.1. The summed E-state index contributed by atoms with van der Waals surface area (Å²) in [4.78, 5) is 53.1. The fraction of sp³-hybridized carbons (Fsp3) is 0.674. The fourth-order valence-corrected chi connectivity index (χ4v) is 11.9. The molecular formula is C43H55N9O11S. The van der Waals surface area contributed by atoms with Gasteiger partial charge in [0.05, 0.1) is 75.9 Å². The van der Waals surface area contributed by atoms with Crippen LogP contribution < -0.4 is 25.4 Å². The number of thioether (sulfide) groups is 1. The minimum atomic E-state index is -1.06. The number of hydrogen-bond donors (Lipinski definition) is 3. The molecule has 21 heteroatoms. The molecule has 1 saturated carbocycles. The van der Waals surface area contributed by atoms with Crippen molar-refractivity contribution in [3.05, 3.63) is 46.8 Å². The number of esters is 2. The molecule has 344 valence electrons. The van der Waals surface area contributed by atoms with Gasteiger partial charge in [0.15, 0.2) is 22.7 Å². The van der Waals surface area contributed by atoms with Crippen LogP contribution in [-0.4, -0.2) is 156 Å². The maximum absolute atomic E-state index is 13.7. The Hall–Kier alpha value is -4.83. The van der Waals surface area contributed by atoms with Crippen LogP contribution in [0.15, 0.2) is 40.2 Å². The monoisotopic (exact) mass is 905 g/mol. The van der Waals surface area contributed by atoms with Gasteiger partial charge in [-0.1, -0.05) is 17.2 Å². The number of carbonyl (C=O) groups excluding carboxylic acids is 4. The van der Waals surface area contributed by atoms with Gasteiger partial charge in [-0.2, -0.15) is 22.0 Å². The number of aromatic nitrogens is 3. The summed E-state index contributed by atoms with van der Waals surface area (Å²) in [6.45, 7) is 4.46. The zero-order chi connectivity index (χ0) is 43.9. The number of benzene rings is 1. The quantitative estimate of drug-likeness (QED) is 0.0630. The van der Waals surface area contributed by atoms with Crippen molar-refractivity contribution in [3.63, 3.8) is 0 Å². The second-order valence-electron chi connectivity index (χ2n) is 17.9. The molecule has 10 rings (SSSR count). The number of likely N-dealkylation sites (N-methyl/N-ethyl adjacent to an activating group) is 1. The summed E-state index contributed by atoms with van der Waals surface area (Å²) >= 11 is 1.89. The van der Waals surface area contributed by atoms with E-state index in [9.17, 15) is 19.2 Å². The van der Waals surface area contributed by atoms with Gasteiger partial charge in [0.2, 0.25) is 18.4 Å².